The molecule has 29 heavy (non-hydrogen) atoms. The molecule has 4 rings (SSSR count). The predicted molar refractivity (Wildman–Crippen MR) is 109 cm³/mol. The lowest BCUT2D eigenvalue weighted by Crippen LogP contribution is -2.27. The van der Waals surface area contributed by atoms with E-state index in [1.807, 2.05) is 25.1 Å². The number of nitrogens with zero attached hydrogens (tertiary/aromatic N) is 3. The van der Waals surface area contributed by atoms with E-state index in [1.165, 1.54) is 0 Å². The minimum Gasteiger partial charge on any atom is -0.493 e. The fourth-order valence-electron chi connectivity index (χ4n) is 4.02. The molecule has 154 valence electrons. The summed E-state index contributed by atoms with van der Waals surface area (Å²) in [5.74, 6) is 1.91. The quantitative estimate of drug-likeness (QED) is 0.708. The van der Waals surface area contributed by atoms with Gasteiger partial charge >= 0.3 is 0 Å². The maximum Gasteiger partial charge on any atom is 0.276 e. The molecular weight excluding hydrogens is 372 g/mol. The average Bonchev–Trinajstić information content (AvgIpc) is 2.98. The van der Waals surface area contributed by atoms with Crippen LogP contribution in [0.25, 0.3) is 5.65 Å². The van der Waals surface area contributed by atoms with Gasteiger partial charge in [0.1, 0.15) is 0 Å². The van der Waals surface area contributed by atoms with Gasteiger partial charge in [-0.05, 0) is 19.4 Å². The van der Waals surface area contributed by atoms with E-state index in [1.54, 1.807) is 25.8 Å². The van der Waals surface area contributed by atoms with Crippen LogP contribution < -0.4 is 19.8 Å². The van der Waals surface area contributed by atoms with Crippen molar-refractivity contribution >= 4 is 5.65 Å². The van der Waals surface area contributed by atoms with E-state index in [9.17, 15) is 4.79 Å². The van der Waals surface area contributed by atoms with E-state index in [2.05, 4.69) is 10.00 Å². The molecule has 3 heterocycles. The first kappa shape index (κ1) is 19.3. The third-order valence-electron chi connectivity index (χ3n) is 5.44. The zero-order valence-electron chi connectivity index (χ0n) is 17.2. The Balaban J connectivity index is 1.60. The molecule has 0 spiro atoms. The van der Waals surface area contributed by atoms with Crippen molar-refractivity contribution in [1.29, 1.82) is 0 Å². The largest absolute Gasteiger partial charge is 0.493 e. The second-order valence-electron chi connectivity index (χ2n) is 7.24. The van der Waals surface area contributed by atoms with Crippen LogP contribution >= 0.6 is 0 Å². The number of aromatic nitrogens is 3. The van der Waals surface area contributed by atoms with Gasteiger partial charge in [0.25, 0.3) is 5.56 Å². The molecule has 3 aromatic rings. The van der Waals surface area contributed by atoms with Crippen LogP contribution in [-0.4, -0.2) is 53.9 Å². The molecule has 0 bridgehead atoms. The first-order valence-corrected chi connectivity index (χ1v) is 9.66. The Kier molecular flexibility index (Phi) is 5.19. The van der Waals surface area contributed by atoms with Gasteiger partial charge < -0.3 is 14.2 Å². The summed E-state index contributed by atoms with van der Waals surface area (Å²) in [5, 5.41) is 3.07. The summed E-state index contributed by atoms with van der Waals surface area (Å²) in [5.41, 5.74) is 4.33. The number of ether oxygens (including phenoxy) is 3. The monoisotopic (exact) mass is 398 g/mol. The van der Waals surface area contributed by atoms with Gasteiger partial charge in [-0.1, -0.05) is 6.07 Å². The molecule has 8 nitrogen and oxygen atoms in total. The summed E-state index contributed by atoms with van der Waals surface area (Å²) >= 11 is 0. The summed E-state index contributed by atoms with van der Waals surface area (Å²) in [6.45, 7) is 4.21. The van der Waals surface area contributed by atoms with Crippen molar-refractivity contribution < 1.29 is 14.2 Å². The lowest BCUT2D eigenvalue weighted by atomic mass is 10.1. The SMILES string of the molecule is COc1ccc(CN2CCc3nc4cc(C)[nH]n4c(=O)c3CC2)c(OC)c1OC. The second-order valence-corrected chi connectivity index (χ2v) is 7.24. The Bertz CT molecular complexity index is 1100. The van der Waals surface area contributed by atoms with Gasteiger partial charge in [0.05, 0.1) is 27.0 Å². The fourth-order valence-corrected chi connectivity index (χ4v) is 4.02. The van der Waals surface area contributed by atoms with Crippen LogP contribution in [-0.2, 0) is 19.4 Å². The van der Waals surface area contributed by atoms with Crippen LogP contribution in [0.5, 0.6) is 17.2 Å². The van der Waals surface area contributed by atoms with Gasteiger partial charge in [-0.25, -0.2) is 9.50 Å². The maximum absolute atomic E-state index is 12.9. The Morgan fingerprint density at radius 1 is 1.07 bits per heavy atom. The normalized spacial score (nSPS) is 14.5. The van der Waals surface area contributed by atoms with E-state index >= 15 is 0 Å². The highest BCUT2D eigenvalue weighted by molar-refractivity contribution is 5.55. The van der Waals surface area contributed by atoms with Crippen molar-refractivity contribution in [3.05, 3.63) is 51.1 Å². The number of benzene rings is 1. The van der Waals surface area contributed by atoms with Crippen molar-refractivity contribution in [2.75, 3.05) is 34.4 Å². The molecule has 0 aliphatic carbocycles. The van der Waals surface area contributed by atoms with Crippen LogP contribution in [0, 0.1) is 6.92 Å². The number of nitrogens with one attached hydrogen (secondary N) is 1. The summed E-state index contributed by atoms with van der Waals surface area (Å²) in [6, 6.07) is 5.79. The van der Waals surface area contributed by atoms with Gasteiger partial charge in [0.15, 0.2) is 17.1 Å². The Hall–Kier alpha value is -3.00. The first-order valence-electron chi connectivity index (χ1n) is 9.66. The van der Waals surface area contributed by atoms with Crippen LogP contribution in [0.3, 0.4) is 0 Å². The Morgan fingerprint density at radius 2 is 1.83 bits per heavy atom. The van der Waals surface area contributed by atoms with Crippen molar-refractivity contribution in [3.8, 4) is 17.2 Å². The average molecular weight is 398 g/mol. The number of H-pyrrole nitrogens is 1. The summed E-state index contributed by atoms with van der Waals surface area (Å²) in [7, 11) is 4.85. The molecular formula is C21H26N4O4. The number of rotatable bonds is 5. The zero-order valence-corrected chi connectivity index (χ0v) is 17.2. The molecule has 0 radical (unpaired) electrons. The Morgan fingerprint density at radius 3 is 2.55 bits per heavy atom. The molecule has 1 aliphatic heterocycles. The lowest BCUT2D eigenvalue weighted by Gasteiger charge is -2.22. The van der Waals surface area contributed by atoms with Crippen LogP contribution in [0.1, 0.15) is 22.5 Å². The van der Waals surface area contributed by atoms with Crippen molar-refractivity contribution in [2.24, 2.45) is 0 Å². The zero-order chi connectivity index (χ0) is 20.5. The molecule has 0 saturated heterocycles. The Labute approximate surface area is 169 Å². The summed E-state index contributed by atoms with van der Waals surface area (Å²) in [6.07, 6.45) is 1.40. The maximum atomic E-state index is 12.9. The smallest absolute Gasteiger partial charge is 0.276 e. The number of fused-ring (bicyclic) bond motifs is 2. The molecule has 1 N–H and O–H groups in total. The third kappa shape index (κ3) is 3.44. The molecule has 0 amide bonds. The third-order valence-corrected chi connectivity index (χ3v) is 5.44. The number of aromatic amines is 1. The summed E-state index contributed by atoms with van der Waals surface area (Å²) < 4.78 is 18.0. The molecule has 0 fully saturated rings. The molecule has 0 unspecified atom stereocenters. The highest BCUT2D eigenvalue weighted by atomic mass is 16.5. The van der Waals surface area contributed by atoms with Crippen molar-refractivity contribution in [3.63, 3.8) is 0 Å². The van der Waals surface area contributed by atoms with Gasteiger partial charge in [0, 0.05) is 48.9 Å². The summed E-state index contributed by atoms with van der Waals surface area (Å²) in [4.78, 5) is 19.9. The number of hydrogen-bond donors (Lipinski definition) is 1. The van der Waals surface area contributed by atoms with Gasteiger partial charge in [-0.3, -0.25) is 14.8 Å². The van der Waals surface area contributed by atoms with E-state index in [4.69, 9.17) is 19.2 Å². The van der Waals surface area contributed by atoms with Gasteiger partial charge in [-0.2, -0.15) is 0 Å². The van der Waals surface area contributed by atoms with Crippen LogP contribution in [0.15, 0.2) is 23.0 Å². The highest BCUT2D eigenvalue weighted by Crippen LogP contribution is 2.40. The highest BCUT2D eigenvalue weighted by Gasteiger charge is 2.22. The van der Waals surface area contributed by atoms with Crippen molar-refractivity contribution in [1.82, 2.24) is 19.5 Å². The van der Waals surface area contributed by atoms with E-state index < -0.39 is 0 Å². The van der Waals surface area contributed by atoms with E-state index in [0.717, 1.165) is 42.0 Å². The van der Waals surface area contributed by atoms with E-state index in [0.29, 0.717) is 35.9 Å². The molecule has 1 aliphatic rings. The first-order chi connectivity index (χ1) is 14.0. The fraction of sp³-hybridized carbons (Fsp3) is 0.429. The minimum atomic E-state index is 0.00338. The number of hydrogen-bond acceptors (Lipinski definition) is 6. The lowest BCUT2D eigenvalue weighted by molar-refractivity contribution is 0.268. The number of methoxy groups -OCH3 is 3. The topological polar surface area (TPSA) is 81.1 Å². The van der Waals surface area contributed by atoms with Gasteiger partial charge in [0.2, 0.25) is 5.75 Å². The predicted octanol–water partition coefficient (Wildman–Crippen LogP) is 1.96. The second kappa shape index (κ2) is 7.79. The molecule has 0 saturated carbocycles. The van der Waals surface area contributed by atoms with Gasteiger partial charge in [-0.15, -0.1) is 0 Å². The van der Waals surface area contributed by atoms with Crippen LogP contribution in [0.4, 0.5) is 0 Å². The molecule has 8 heteroatoms. The molecule has 1 aromatic carbocycles. The van der Waals surface area contributed by atoms with E-state index in [-0.39, 0.29) is 5.56 Å². The standard InChI is InChI=1S/C21H26N4O4/c1-13-11-18-22-16-8-10-24(9-7-15(16)21(26)25(18)23-13)12-14-5-6-17(27-2)20(29-4)19(14)28-3/h5-6,11,23H,7-10,12H2,1-4H3. The minimum absolute atomic E-state index is 0.00338. The molecule has 2 aromatic heterocycles. The van der Waals surface area contributed by atoms with Crippen molar-refractivity contribution in [2.45, 2.75) is 26.3 Å². The number of aryl methyl sites for hydroxylation is 1. The van der Waals surface area contributed by atoms with Crippen LogP contribution in [0.2, 0.25) is 0 Å². The molecule has 0 atom stereocenters.